The van der Waals surface area contributed by atoms with Crippen LogP contribution in [0.2, 0.25) is 0 Å². The van der Waals surface area contributed by atoms with Gasteiger partial charge in [-0.15, -0.1) is 0 Å². The molecule has 0 aliphatic rings. The van der Waals surface area contributed by atoms with Crippen molar-refractivity contribution in [2.75, 3.05) is 5.32 Å². The molecule has 4 rings (SSSR count). The van der Waals surface area contributed by atoms with E-state index in [9.17, 15) is 24.2 Å². The topological polar surface area (TPSA) is 112 Å². The van der Waals surface area contributed by atoms with Crippen molar-refractivity contribution >= 4 is 17.6 Å². The lowest BCUT2D eigenvalue weighted by atomic mass is 9.88. The normalized spacial score (nSPS) is 14.1. The molecular weight excluding hydrogens is 607 g/mol. The largest absolute Gasteiger partial charge is 0.481 e. The number of aryl methyl sites for hydroxylation is 4. The standard InChI is InChI=1S/C40H49FN2O5/c1-22(2)28(8)38-37(40(48)42-31-14-12-24(4)25(5)18-31)36(29-11-9-10-23(3)16-29)39(34-15-13-30(41)17-26(34)6)43(38)27(7)19-32(44)20-33(45)21-35(46)47/h9-18,22,27-28,32-33,44-45H,19-21H2,1-8H3,(H,42,48)(H,46,47)/t27?,28?,32-,33-/m1/s1. The number of nitrogens with zero attached hydrogens (tertiary/aromatic N) is 1. The van der Waals surface area contributed by atoms with Crippen LogP contribution in [-0.4, -0.2) is 44.0 Å². The summed E-state index contributed by atoms with van der Waals surface area (Å²) in [7, 11) is 0. The van der Waals surface area contributed by atoms with E-state index in [1.54, 1.807) is 6.07 Å². The lowest BCUT2D eigenvalue weighted by molar-refractivity contribution is -0.139. The number of hydrogen-bond donors (Lipinski definition) is 4. The molecule has 0 fully saturated rings. The Morgan fingerprint density at radius 2 is 1.54 bits per heavy atom. The van der Waals surface area contributed by atoms with E-state index < -0.39 is 30.6 Å². The van der Waals surface area contributed by atoms with E-state index in [1.807, 2.05) is 77.1 Å². The van der Waals surface area contributed by atoms with Crippen molar-refractivity contribution in [2.24, 2.45) is 5.92 Å². The average molecular weight is 657 g/mol. The number of halogens is 1. The van der Waals surface area contributed by atoms with Crippen LogP contribution < -0.4 is 5.32 Å². The van der Waals surface area contributed by atoms with Crippen LogP contribution in [0, 0.1) is 39.4 Å². The van der Waals surface area contributed by atoms with Gasteiger partial charge in [0.1, 0.15) is 5.82 Å². The molecule has 0 aliphatic heterocycles. The Morgan fingerprint density at radius 1 is 0.833 bits per heavy atom. The first-order valence-electron chi connectivity index (χ1n) is 16.7. The van der Waals surface area contributed by atoms with Gasteiger partial charge in [0.05, 0.1) is 29.9 Å². The van der Waals surface area contributed by atoms with Crippen molar-refractivity contribution in [3.8, 4) is 22.4 Å². The van der Waals surface area contributed by atoms with Gasteiger partial charge in [-0.25, -0.2) is 4.39 Å². The molecule has 1 heterocycles. The minimum absolute atomic E-state index is 0.108. The zero-order valence-electron chi connectivity index (χ0n) is 29.3. The van der Waals surface area contributed by atoms with Crippen LogP contribution in [0.3, 0.4) is 0 Å². The maximum absolute atomic E-state index is 14.7. The smallest absolute Gasteiger partial charge is 0.305 e. The summed E-state index contributed by atoms with van der Waals surface area (Å²) in [6.07, 6.45) is -2.61. The number of benzene rings is 3. The van der Waals surface area contributed by atoms with E-state index in [0.29, 0.717) is 22.4 Å². The summed E-state index contributed by atoms with van der Waals surface area (Å²) in [5.41, 5.74) is 8.86. The van der Waals surface area contributed by atoms with Crippen molar-refractivity contribution in [1.82, 2.24) is 4.57 Å². The number of nitrogens with one attached hydrogen (secondary N) is 1. The molecule has 1 amide bonds. The molecule has 0 aliphatic carbocycles. The summed E-state index contributed by atoms with van der Waals surface area (Å²) in [5, 5.41) is 33.8. The van der Waals surface area contributed by atoms with E-state index in [-0.39, 0.29) is 36.4 Å². The summed E-state index contributed by atoms with van der Waals surface area (Å²) in [6, 6.07) is 18.0. The molecular formula is C40H49FN2O5. The number of carboxylic acids is 1. The van der Waals surface area contributed by atoms with Gasteiger partial charge in [-0.2, -0.15) is 0 Å². The maximum atomic E-state index is 14.7. The molecule has 1 aromatic heterocycles. The molecule has 7 nitrogen and oxygen atoms in total. The van der Waals surface area contributed by atoms with Crippen molar-refractivity contribution in [3.05, 3.63) is 100.0 Å². The molecule has 8 heteroatoms. The Labute approximate surface area is 283 Å². The van der Waals surface area contributed by atoms with Gasteiger partial charge in [0.15, 0.2) is 0 Å². The molecule has 3 aromatic carbocycles. The minimum Gasteiger partial charge on any atom is -0.481 e. The Morgan fingerprint density at radius 3 is 2.15 bits per heavy atom. The lowest BCUT2D eigenvalue weighted by Gasteiger charge is -2.28. The SMILES string of the molecule is Cc1cccc(-c2c(C(=O)Nc3ccc(C)c(C)c3)c(C(C)C(C)C)n(C(C)C[C@@H](O)C[C@@H](O)CC(=O)O)c2-c2ccc(F)cc2C)c1. The first kappa shape index (κ1) is 36.6. The third-order valence-electron chi connectivity index (χ3n) is 9.43. The number of carboxylic acid groups (broad SMARTS) is 1. The number of aromatic nitrogens is 1. The van der Waals surface area contributed by atoms with Crippen LogP contribution in [-0.2, 0) is 4.79 Å². The fourth-order valence-corrected chi connectivity index (χ4v) is 6.50. The van der Waals surface area contributed by atoms with Crippen LogP contribution in [0.25, 0.3) is 22.4 Å². The van der Waals surface area contributed by atoms with Gasteiger partial charge in [-0.1, -0.05) is 56.7 Å². The van der Waals surface area contributed by atoms with E-state index in [1.165, 1.54) is 12.1 Å². The first-order chi connectivity index (χ1) is 22.6. The van der Waals surface area contributed by atoms with E-state index >= 15 is 0 Å². The third-order valence-corrected chi connectivity index (χ3v) is 9.43. The second kappa shape index (κ2) is 15.3. The van der Waals surface area contributed by atoms with E-state index in [0.717, 1.165) is 39.2 Å². The number of carbonyl (C=O) groups excluding carboxylic acids is 1. The quantitative estimate of drug-likeness (QED) is 0.115. The number of hydrogen-bond acceptors (Lipinski definition) is 4. The second-order valence-corrected chi connectivity index (χ2v) is 13.7. The van der Waals surface area contributed by atoms with Gasteiger partial charge in [0.25, 0.3) is 5.91 Å². The van der Waals surface area contributed by atoms with Crippen LogP contribution in [0.15, 0.2) is 60.7 Å². The number of amides is 1. The number of carbonyl (C=O) groups is 2. The lowest BCUT2D eigenvalue weighted by Crippen LogP contribution is -2.25. The van der Waals surface area contributed by atoms with Gasteiger partial charge >= 0.3 is 5.97 Å². The van der Waals surface area contributed by atoms with Crippen LogP contribution in [0.5, 0.6) is 0 Å². The second-order valence-electron chi connectivity index (χ2n) is 13.7. The monoisotopic (exact) mass is 656 g/mol. The summed E-state index contributed by atoms with van der Waals surface area (Å²) in [5.74, 6) is -1.79. The minimum atomic E-state index is -1.20. The maximum Gasteiger partial charge on any atom is 0.305 e. The van der Waals surface area contributed by atoms with E-state index in [4.69, 9.17) is 5.11 Å². The highest BCUT2D eigenvalue weighted by molar-refractivity contribution is 6.12. The average Bonchev–Trinajstić information content (AvgIpc) is 3.34. The molecule has 0 saturated carbocycles. The molecule has 4 aromatic rings. The number of aliphatic hydroxyl groups excluding tert-OH is 2. The zero-order valence-corrected chi connectivity index (χ0v) is 29.3. The molecule has 0 bridgehead atoms. The Hall–Kier alpha value is -4.27. The zero-order chi connectivity index (χ0) is 35.4. The Kier molecular flexibility index (Phi) is 11.7. The van der Waals surface area contributed by atoms with Gasteiger partial charge in [0, 0.05) is 28.6 Å². The number of aliphatic carboxylic acids is 1. The highest BCUT2D eigenvalue weighted by Gasteiger charge is 2.35. The van der Waals surface area contributed by atoms with Gasteiger partial charge in [-0.3, -0.25) is 9.59 Å². The first-order valence-corrected chi connectivity index (χ1v) is 16.7. The molecule has 4 atom stereocenters. The number of anilines is 1. The van der Waals surface area contributed by atoms with Crippen molar-refractivity contribution < 1.29 is 29.3 Å². The van der Waals surface area contributed by atoms with Gasteiger partial charge < -0.3 is 25.2 Å². The molecule has 256 valence electrons. The van der Waals surface area contributed by atoms with Gasteiger partial charge in [0.2, 0.25) is 0 Å². The van der Waals surface area contributed by atoms with Gasteiger partial charge in [-0.05, 0) is 112 Å². The number of rotatable bonds is 13. The van der Waals surface area contributed by atoms with Crippen LogP contribution >= 0.6 is 0 Å². The summed E-state index contributed by atoms with van der Waals surface area (Å²) in [4.78, 5) is 25.9. The molecule has 2 unspecified atom stereocenters. The predicted molar refractivity (Wildman–Crippen MR) is 190 cm³/mol. The summed E-state index contributed by atoms with van der Waals surface area (Å²) >= 11 is 0. The molecule has 0 radical (unpaired) electrons. The Balaban J connectivity index is 2.07. The third kappa shape index (κ3) is 8.23. The highest BCUT2D eigenvalue weighted by atomic mass is 19.1. The molecule has 0 saturated heterocycles. The predicted octanol–water partition coefficient (Wildman–Crippen LogP) is 8.74. The number of aliphatic hydroxyl groups is 2. The Bertz CT molecular complexity index is 1790. The van der Waals surface area contributed by atoms with Crippen molar-refractivity contribution in [2.45, 2.75) is 98.8 Å². The van der Waals surface area contributed by atoms with Crippen LogP contribution in [0.1, 0.15) is 97.2 Å². The fraction of sp³-hybridized carbons (Fsp3) is 0.400. The molecule has 0 spiro atoms. The molecule has 4 N–H and O–H groups in total. The van der Waals surface area contributed by atoms with Crippen molar-refractivity contribution in [3.63, 3.8) is 0 Å². The summed E-state index contributed by atoms with van der Waals surface area (Å²) < 4.78 is 16.7. The van der Waals surface area contributed by atoms with Crippen molar-refractivity contribution in [1.29, 1.82) is 0 Å². The van der Waals surface area contributed by atoms with E-state index in [2.05, 4.69) is 30.7 Å². The molecule has 48 heavy (non-hydrogen) atoms. The van der Waals surface area contributed by atoms with Crippen LogP contribution in [0.4, 0.5) is 10.1 Å². The summed E-state index contributed by atoms with van der Waals surface area (Å²) in [6.45, 7) is 16.1. The fourth-order valence-electron chi connectivity index (χ4n) is 6.50. The highest BCUT2D eigenvalue weighted by Crippen LogP contribution is 2.47.